The molecule has 3 N–H and O–H groups in total. The molecule has 1 saturated heterocycles. The molecule has 1 aliphatic heterocycles. The third-order valence-electron chi connectivity index (χ3n) is 2.60. The number of alkyl halides is 1. The molecule has 1 aromatic heterocycles. The first kappa shape index (κ1) is 12.3. The van der Waals surface area contributed by atoms with E-state index in [4.69, 9.17) is 21.4 Å². The predicted octanol–water partition coefficient (Wildman–Crippen LogP) is -1.61. The maximum absolute atomic E-state index is 11.5. The number of hydrogen-bond acceptors (Lipinski definition) is 5. The second-order valence-electron chi connectivity index (χ2n) is 3.70. The minimum absolute atomic E-state index is 0.404. The molecule has 2 unspecified atom stereocenters. The number of hydrogen-bond donors (Lipinski definition) is 3. The molecule has 7 nitrogen and oxygen atoms in total. The Morgan fingerprint density at radius 3 is 2.76 bits per heavy atom. The number of nitrogens with zero attached hydrogens (tertiary/aromatic N) is 1. The number of halogens is 1. The van der Waals surface area contributed by atoms with Crippen molar-refractivity contribution in [2.45, 2.75) is 23.8 Å². The van der Waals surface area contributed by atoms with Crippen LogP contribution in [0.4, 0.5) is 0 Å². The second-order valence-corrected chi connectivity index (χ2v) is 4.20. The topological polar surface area (TPSA) is 105 Å². The zero-order chi connectivity index (χ0) is 12.6. The van der Waals surface area contributed by atoms with Gasteiger partial charge in [0.05, 0.1) is 6.61 Å². The van der Waals surface area contributed by atoms with Crippen LogP contribution in [0.25, 0.3) is 0 Å². The Bertz CT molecular complexity index is 513. The fourth-order valence-electron chi connectivity index (χ4n) is 1.71. The van der Waals surface area contributed by atoms with E-state index < -0.39 is 41.7 Å². The maximum Gasteiger partial charge on any atom is 0.330 e. The standard InChI is InChI=1S/C9H11ClN2O5/c10-6-7(15)4(3-13)17-8(6)12-2-1-5(14)11-9(12)16/h1-2,4,6-8,13,15H,3H2,(H,11,14,16)/t4?,6-,7-,8?/m1/s1. The van der Waals surface area contributed by atoms with Crippen LogP contribution in [0, 0.1) is 0 Å². The van der Waals surface area contributed by atoms with Crippen molar-refractivity contribution in [2.24, 2.45) is 0 Å². The molecule has 1 fully saturated rings. The lowest BCUT2D eigenvalue weighted by molar-refractivity contribution is -0.0457. The van der Waals surface area contributed by atoms with Crippen molar-refractivity contribution in [2.75, 3.05) is 6.61 Å². The second kappa shape index (κ2) is 4.61. The summed E-state index contributed by atoms with van der Waals surface area (Å²) in [4.78, 5) is 24.4. The molecule has 1 aromatic rings. The largest absolute Gasteiger partial charge is 0.394 e. The summed E-state index contributed by atoms with van der Waals surface area (Å²) in [6.45, 7) is -0.404. The van der Waals surface area contributed by atoms with E-state index in [1.165, 1.54) is 6.20 Å². The zero-order valence-electron chi connectivity index (χ0n) is 8.62. The number of ether oxygens (including phenoxy) is 1. The number of aliphatic hydroxyl groups excluding tert-OH is 2. The monoisotopic (exact) mass is 262 g/mol. The first-order valence-electron chi connectivity index (χ1n) is 4.94. The summed E-state index contributed by atoms with van der Waals surface area (Å²) in [7, 11) is 0. The maximum atomic E-state index is 11.5. The van der Waals surface area contributed by atoms with Gasteiger partial charge in [-0.2, -0.15) is 0 Å². The van der Waals surface area contributed by atoms with Crippen LogP contribution in [-0.4, -0.2) is 44.0 Å². The summed E-state index contributed by atoms with van der Waals surface area (Å²) in [6, 6.07) is 1.15. The zero-order valence-corrected chi connectivity index (χ0v) is 9.37. The van der Waals surface area contributed by atoms with Crippen molar-refractivity contribution in [1.82, 2.24) is 9.55 Å². The summed E-state index contributed by atoms with van der Waals surface area (Å²) in [5, 5.41) is 17.7. The first-order chi connectivity index (χ1) is 8.04. The van der Waals surface area contributed by atoms with Gasteiger partial charge in [-0.1, -0.05) is 0 Å². The van der Waals surface area contributed by atoms with E-state index in [0.717, 1.165) is 10.6 Å². The quantitative estimate of drug-likeness (QED) is 0.557. The van der Waals surface area contributed by atoms with Crippen LogP contribution >= 0.6 is 11.6 Å². The molecule has 0 amide bonds. The summed E-state index contributed by atoms with van der Waals surface area (Å²) in [5.74, 6) is 0. The summed E-state index contributed by atoms with van der Waals surface area (Å²) in [6.07, 6.45) is -1.62. The Labute approximate surface area is 100 Å². The number of nitrogens with one attached hydrogen (secondary N) is 1. The fraction of sp³-hybridized carbons (Fsp3) is 0.556. The van der Waals surface area contributed by atoms with Crippen LogP contribution < -0.4 is 11.2 Å². The van der Waals surface area contributed by atoms with Gasteiger partial charge in [0.1, 0.15) is 17.6 Å². The van der Waals surface area contributed by atoms with Gasteiger partial charge in [0.2, 0.25) is 0 Å². The number of rotatable bonds is 2. The summed E-state index contributed by atoms with van der Waals surface area (Å²) >= 11 is 5.91. The number of aliphatic hydroxyl groups is 2. The third-order valence-corrected chi connectivity index (χ3v) is 3.07. The van der Waals surface area contributed by atoms with Gasteiger partial charge in [-0.15, -0.1) is 11.6 Å². The molecule has 0 aliphatic carbocycles. The molecule has 0 radical (unpaired) electrons. The van der Waals surface area contributed by atoms with E-state index in [-0.39, 0.29) is 0 Å². The Morgan fingerprint density at radius 1 is 1.53 bits per heavy atom. The minimum atomic E-state index is -1.08. The Kier molecular flexibility index (Phi) is 3.34. The SMILES string of the molecule is O=c1ccn(C2OC(CO)[C@@H](O)[C@H]2Cl)c(=O)[nH]1. The third kappa shape index (κ3) is 2.14. The molecule has 0 aromatic carbocycles. The first-order valence-corrected chi connectivity index (χ1v) is 5.38. The number of aromatic nitrogens is 2. The highest BCUT2D eigenvalue weighted by Gasteiger charge is 2.43. The van der Waals surface area contributed by atoms with Crippen LogP contribution in [-0.2, 0) is 4.74 Å². The Hall–Kier alpha value is -1.15. The van der Waals surface area contributed by atoms with Crippen molar-refractivity contribution in [3.05, 3.63) is 33.1 Å². The van der Waals surface area contributed by atoms with E-state index in [0.29, 0.717) is 0 Å². The van der Waals surface area contributed by atoms with Gasteiger partial charge in [0.25, 0.3) is 5.56 Å². The van der Waals surface area contributed by atoms with Crippen LogP contribution in [0.15, 0.2) is 21.9 Å². The van der Waals surface area contributed by atoms with Gasteiger partial charge in [-0.3, -0.25) is 14.3 Å². The number of aromatic amines is 1. The Balaban J connectivity index is 2.35. The van der Waals surface area contributed by atoms with Crippen molar-refractivity contribution in [3.8, 4) is 0 Å². The van der Waals surface area contributed by atoms with E-state index in [2.05, 4.69) is 4.98 Å². The van der Waals surface area contributed by atoms with Crippen LogP contribution in [0.2, 0.25) is 0 Å². The highest BCUT2D eigenvalue weighted by molar-refractivity contribution is 6.21. The molecule has 2 heterocycles. The molecule has 17 heavy (non-hydrogen) atoms. The van der Waals surface area contributed by atoms with Gasteiger partial charge < -0.3 is 14.9 Å². The average molecular weight is 263 g/mol. The fourth-order valence-corrected chi connectivity index (χ4v) is 2.05. The van der Waals surface area contributed by atoms with Crippen molar-refractivity contribution in [1.29, 1.82) is 0 Å². The van der Waals surface area contributed by atoms with E-state index in [9.17, 15) is 14.7 Å². The van der Waals surface area contributed by atoms with Gasteiger partial charge >= 0.3 is 5.69 Å². The van der Waals surface area contributed by atoms with Crippen LogP contribution in [0.5, 0.6) is 0 Å². The molecular formula is C9H11ClN2O5. The molecule has 2 rings (SSSR count). The van der Waals surface area contributed by atoms with Crippen LogP contribution in [0.1, 0.15) is 6.23 Å². The summed E-state index contributed by atoms with van der Waals surface area (Å²) in [5.41, 5.74) is -1.21. The molecule has 0 bridgehead atoms. The average Bonchev–Trinajstić information content (AvgIpc) is 2.57. The Morgan fingerprint density at radius 2 is 2.24 bits per heavy atom. The minimum Gasteiger partial charge on any atom is -0.394 e. The van der Waals surface area contributed by atoms with Crippen molar-refractivity contribution >= 4 is 11.6 Å². The molecule has 0 spiro atoms. The molecule has 1 aliphatic rings. The van der Waals surface area contributed by atoms with Crippen LogP contribution in [0.3, 0.4) is 0 Å². The smallest absolute Gasteiger partial charge is 0.330 e. The van der Waals surface area contributed by atoms with E-state index in [1.54, 1.807) is 0 Å². The lowest BCUT2D eigenvalue weighted by atomic mass is 10.2. The normalized spacial score (nSPS) is 32.9. The molecular weight excluding hydrogens is 252 g/mol. The highest BCUT2D eigenvalue weighted by Crippen LogP contribution is 2.31. The highest BCUT2D eigenvalue weighted by atomic mass is 35.5. The molecule has 0 saturated carbocycles. The predicted molar refractivity (Wildman–Crippen MR) is 58.0 cm³/mol. The number of H-pyrrole nitrogens is 1. The lowest BCUT2D eigenvalue weighted by Gasteiger charge is -2.15. The van der Waals surface area contributed by atoms with Crippen molar-refractivity contribution < 1.29 is 14.9 Å². The van der Waals surface area contributed by atoms with Crippen molar-refractivity contribution in [3.63, 3.8) is 0 Å². The molecule has 8 heteroatoms. The lowest BCUT2D eigenvalue weighted by Crippen LogP contribution is -2.35. The summed E-state index contributed by atoms with van der Waals surface area (Å²) < 4.78 is 6.32. The van der Waals surface area contributed by atoms with E-state index >= 15 is 0 Å². The van der Waals surface area contributed by atoms with E-state index in [1.807, 2.05) is 0 Å². The molecule has 4 atom stereocenters. The molecule has 94 valence electrons. The van der Waals surface area contributed by atoms with Gasteiger partial charge in [-0.05, 0) is 0 Å². The van der Waals surface area contributed by atoms with Gasteiger partial charge in [0.15, 0.2) is 6.23 Å². The van der Waals surface area contributed by atoms with Gasteiger partial charge in [-0.25, -0.2) is 4.79 Å². The van der Waals surface area contributed by atoms with Gasteiger partial charge in [0, 0.05) is 12.3 Å².